The van der Waals surface area contributed by atoms with Crippen molar-refractivity contribution in [1.82, 2.24) is 4.90 Å². The number of hydrogen-bond donors (Lipinski definition) is 0. The van der Waals surface area contributed by atoms with E-state index in [0.29, 0.717) is 24.3 Å². The number of nitrogens with zero attached hydrogens (tertiary/aromatic N) is 1. The fourth-order valence-electron chi connectivity index (χ4n) is 2.22. The van der Waals surface area contributed by atoms with Gasteiger partial charge in [0, 0.05) is 31.9 Å². The van der Waals surface area contributed by atoms with Gasteiger partial charge in [-0.1, -0.05) is 0 Å². The van der Waals surface area contributed by atoms with Crippen LogP contribution in [0.25, 0.3) is 0 Å². The third-order valence-electron chi connectivity index (χ3n) is 3.46. The summed E-state index contributed by atoms with van der Waals surface area (Å²) in [6.07, 6.45) is 1.73. The Balaban J connectivity index is 2.11. The van der Waals surface area contributed by atoms with Gasteiger partial charge in [-0.2, -0.15) is 0 Å². The SMILES string of the molecule is Cc1cc(C(=O)N(C)C2CCOCC2)ccc1F. The summed E-state index contributed by atoms with van der Waals surface area (Å²) in [5.41, 5.74) is 1.05. The maximum Gasteiger partial charge on any atom is 0.253 e. The van der Waals surface area contributed by atoms with Gasteiger partial charge in [-0.3, -0.25) is 4.79 Å². The van der Waals surface area contributed by atoms with Gasteiger partial charge in [-0.15, -0.1) is 0 Å². The normalized spacial score (nSPS) is 16.6. The lowest BCUT2D eigenvalue weighted by atomic mass is 10.1. The van der Waals surface area contributed by atoms with Crippen LogP contribution in [0.5, 0.6) is 0 Å². The summed E-state index contributed by atoms with van der Waals surface area (Å²) >= 11 is 0. The van der Waals surface area contributed by atoms with Crippen LogP contribution in [0, 0.1) is 12.7 Å². The minimum Gasteiger partial charge on any atom is -0.381 e. The van der Waals surface area contributed by atoms with Crippen LogP contribution >= 0.6 is 0 Å². The van der Waals surface area contributed by atoms with Crippen LogP contribution in [0.1, 0.15) is 28.8 Å². The van der Waals surface area contributed by atoms with Gasteiger partial charge in [-0.25, -0.2) is 4.39 Å². The van der Waals surface area contributed by atoms with E-state index in [9.17, 15) is 9.18 Å². The van der Waals surface area contributed by atoms with Gasteiger partial charge < -0.3 is 9.64 Å². The lowest BCUT2D eigenvalue weighted by Gasteiger charge is -2.31. The molecule has 1 fully saturated rings. The quantitative estimate of drug-likeness (QED) is 0.807. The number of benzene rings is 1. The van der Waals surface area contributed by atoms with Crippen molar-refractivity contribution in [2.24, 2.45) is 0 Å². The molecule has 18 heavy (non-hydrogen) atoms. The zero-order valence-electron chi connectivity index (χ0n) is 10.8. The third-order valence-corrected chi connectivity index (χ3v) is 3.46. The molecule has 0 aromatic heterocycles. The second-order valence-corrected chi connectivity index (χ2v) is 4.72. The van der Waals surface area contributed by atoms with Gasteiger partial charge in [-0.05, 0) is 43.5 Å². The first-order chi connectivity index (χ1) is 8.59. The van der Waals surface area contributed by atoms with Crippen LogP contribution in [-0.2, 0) is 4.74 Å². The highest BCUT2D eigenvalue weighted by Crippen LogP contribution is 2.17. The van der Waals surface area contributed by atoms with E-state index in [4.69, 9.17) is 4.74 Å². The number of rotatable bonds is 2. The maximum atomic E-state index is 13.2. The van der Waals surface area contributed by atoms with Crippen molar-refractivity contribution >= 4 is 5.91 Å². The van der Waals surface area contributed by atoms with Gasteiger partial charge in [0.15, 0.2) is 0 Å². The standard InChI is InChI=1S/C14H18FNO2/c1-10-9-11(3-4-13(10)15)14(17)16(2)12-5-7-18-8-6-12/h3-4,9,12H,5-8H2,1-2H3. The summed E-state index contributed by atoms with van der Waals surface area (Å²) in [7, 11) is 1.80. The molecule has 1 amide bonds. The summed E-state index contributed by atoms with van der Waals surface area (Å²) in [4.78, 5) is 14.0. The molecule has 0 bridgehead atoms. The molecule has 2 rings (SSSR count). The minimum atomic E-state index is -0.278. The molecule has 0 radical (unpaired) electrons. The highest BCUT2D eigenvalue weighted by atomic mass is 19.1. The number of halogens is 1. The zero-order valence-corrected chi connectivity index (χ0v) is 10.8. The van der Waals surface area contributed by atoms with E-state index in [2.05, 4.69) is 0 Å². The number of amides is 1. The molecule has 0 atom stereocenters. The fraction of sp³-hybridized carbons (Fsp3) is 0.500. The smallest absolute Gasteiger partial charge is 0.253 e. The maximum absolute atomic E-state index is 13.2. The van der Waals surface area contributed by atoms with Gasteiger partial charge >= 0.3 is 0 Å². The van der Waals surface area contributed by atoms with E-state index in [1.165, 1.54) is 6.07 Å². The van der Waals surface area contributed by atoms with Crippen molar-refractivity contribution in [3.8, 4) is 0 Å². The van der Waals surface area contributed by atoms with E-state index in [-0.39, 0.29) is 17.8 Å². The van der Waals surface area contributed by atoms with Crippen molar-refractivity contribution in [1.29, 1.82) is 0 Å². The van der Waals surface area contributed by atoms with Gasteiger partial charge in [0.1, 0.15) is 5.82 Å². The van der Waals surface area contributed by atoms with Crippen molar-refractivity contribution in [3.05, 3.63) is 35.1 Å². The molecule has 0 N–H and O–H groups in total. The molecule has 3 nitrogen and oxygen atoms in total. The van der Waals surface area contributed by atoms with Crippen molar-refractivity contribution in [3.63, 3.8) is 0 Å². The minimum absolute atomic E-state index is 0.0509. The number of carbonyl (C=O) groups is 1. The van der Waals surface area contributed by atoms with Crippen LogP contribution in [0.2, 0.25) is 0 Å². The molecule has 1 aliphatic rings. The van der Waals surface area contributed by atoms with Crippen LogP contribution < -0.4 is 0 Å². The average molecular weight is 251 g/mol. The Kier molecular flexibility index (Phi) is 3.97. The summed E-state index contributed by atoms with van der Waals surface area (Å²) in [5, 5.41) is 0. The lowest BCUT2D eigenvalue weighted by molar-refractivity contribution is 0.0362. The van der Waals surface area contributed by atoms with Crippen LogP contribution in [0.4, 0.5) is 4.39 Å². The van der Waals surface area contributed by atoms with Crippen LogP contribution in [0.15, 0.2) is 18.2 Å². The summed E-state index contributed by atoms with van der Waals surface area (Å²) in [6.45, 7) is 3.07. The van der Waals surface area contributed by atoms with E-state index >= 15 is 0 Å². The predicted molar refractivity (Wildman–Crippen MR) is 67.1 cm³/mol. The zero-order chi connectivity index (χ0) is 13.1. The highest BCUT2D eigenvalue weighted by Gasteiger charge is 2.23. The molecule has 98 valence electrons. The molecule has 1 aromatic rings. The molecule has 0 saturated carbocycles. The number of ether oxygens (including phenoxy) is 1. The van der Waals surface area contributed by atoms with E-state index in [1.807, 2.05) is 0 Å². The fourth-order valence-corrected chi connectivity index (χ4v) is 2.22. The van der Waals surface area contributed by atoms with Gasteiger partial charge in [0.2, 0.25) is 0 Å². The molecular formula is C14H18FNO2. The molecule has 0 unspecified atom stereocenters. The Morgan fingerprint density at radius 2 is 2.06 bits per heavy atom. The second kappa shape index (κ2) is 5.48. The monoisotopic (exact) mass is 251 g/mol. The summed E-state index contributed by atoms with van der Waals surface area (Å²) in [5.74, 6) is -0.328. The number of carbonyl (C=O) groups excluding carboxylic acids is 1. The van der Waals surface area contributed by atoms with Crippen LogP contribution in [0.3, 0.4) is 0 Å². The summed E-state index contributed by atoms with van der Waals surface area (Å²) < 4.78 is 18.5. The predicted octanol–water partition coefficient (Wildman–Crippen LogP) is 2.39. The Morgan fingerprint density at radius 1 is 1.39 bits per heavy atom. The molecule has 4 heteroatoms. The summed E-state index contributed by atoms with van der Waals surface area (Å²) in [6, 6.07) is 4.71. The second-order valence-electron chi connectivity index (χ2n) is 4.72. The average Bonchev–Trinajstić information content (AvgIpc) is 2.41. The van der Waals surface area contributed by atoms with E-state index in [0.717, 1.165) is 12.8 Å². The molecular weight excluding hydrogens is 233 g/mol. The molecule has 0 spiro atoms. The third kappa shape index (κ3) is 2.70. The molecule has 1 saturated heterocycles. The van der Waals surface area contributed by atoms with Crippen LogP contribution in [-0.4, -0.2) is 37.1 Å². The number of hydrogen-bond acceptors (Lipinski definition) is 2. The molecule has 1 aromatic carbocycles. The van der Waals surface area contributed by atoms with E-state index in [1.54, 1.807) is 31.0 Å². The molecule has 0 aliphatic carbocycles. The highest BCUT2D eigenvalue weighted by molar-refractivity contribution is 5.94. The van der Waals surface area contributed by atoms with E-state index < -0.39 is 0 Å². The largest absolute Gasteiger partial charge is 0.381 e. The molecule has 1 heterocycles. The van der Waals surface area contributed by atoms with Gasteiger partial charge in [0.25, 0.3) is 5.91 Å². The Labute approximate surface area is 107 Å². The lowest BCUT2D eigenvalue weighted by Crippen LogP contribution is -2.40. The molecule has 1 aliphatic heterocycles. The first-order valence-corrected chi connectivity index (χ1v) is 6.20. The number of aryl methyl sites for hydroxylation is 1. The van der Waals surface area contributed by atoms with Crippen molar-refractivity contribution < 1.29 is 13.9 Å². The van der Waals surface area contributed by atoms with Crippen molar-refractivity contribution in [2.75, 3.05) is 20.3 Å². The van der Waals surface area contributed by atoms with Crippen molar-refractivity contribution in [2.45, 2.75) is 25.8 Å². The topological polar surface area (TPSA) is 29.5 Å². The Hall–Kier alpha value is -1.42. The van der Waals surface area contributed by atoms with Gasteiger partial charge in [0.05, 0.1) is 0 Å². The first-order valence-electron chi connectivity index (χ1n) is 6.20. The first kappa shape index (κ1) is 13.0. The Morgan fingerprint density at radius 3 is 2.67 bits per heavy atom. The Bertz CT molecular complexity index is 441.